The molecule has 0 atom stereocenters. The first-order chi connectivity index (χ1) is 12.2. The summed E-state index contributed by atoms with van der Waals surface area (Å²) in [6.45, 7) is 9.87. The maximum absolute atomic E-state index is 6.94. The number of thiophene rings is 1. The fraction of sp³-hybridized carbons (Fsp3) is 0.316. The molecule has 0 bridgehead atoms. The molecular formula is C19H24BrCl2NSSiZr. The van der Waals surface area contributed by atoms with Gasteiger partial charge in [-0.1, -0.05) is 58.1 Å². The Labute approximate surface area is 191 Å². The first kappa shape index (κ1) is 26.6. The van der Waals surface area contributed by atoms with E-state index in [2.05, 4.69) is 77.6 Å². The van der Waals surface area contributed by atoms with E-state index < -0.39 is 20.8 Å². The monoisotopic (exact) mass is 565 g/mol. The van der Waals surface area contributed by atoms with Gasteiger partial charge >= 0.3 is 37.9 Å². The topological polar surface area (TPSA) is 23.8 Å². The third kappa shape index (κ3) is 12.9. The zero-order valence-electron chi connectivity index (χ0n) is 15.7. The molecule has 1 N–H and O–H groups in total. The molecule has 1 aromatic heterocycles. The molecule has 0 saturated carbocycles. The second kappa shape index (κ2) is 14.6. The van der Waals surface area contributed by atoms with E-state index in [1.807, 2.05) is 20.8 Å². The molecule has 7 heteroatoms. The summed E-state index contributed by atoms with van der Waals surface area (Å²) in [4.78, 5) is 1.32. The summed E-state index contributed by atoms with van der Waals surface area (Å²) in [5.74, 6) is 0. The van der Waals surface area contributed by atoms with Crippen LogP contribution in [0.25, 0.3) is 26.9 Å². The zero-order valence-corrected chi connectivity index (χ0v) is 23.0. The third-order valence-electron chi connectivity index (χ3n) is 2.48. The van der Waals surface area contributed by atoms with E-state index in [9.17, 15) is 0 Å². The van der Waals surface area contributed by atoms with Crippen LogP contribution in [0, 0.1) is 0 Å². The summed E-state index contributed by atoms with van der Waals surface area (Å²) < 4.78 is 1.18. The molecule has 0 unspecified atom stereocenters. The van der Waals surface area contributed by atoms with Gasteiger partial charge in [-0.3, -0.25) is 0 Å². The summed E-state index contributed by atoms with van der Waals surface area (Å²) >= 11 is 4.44. The summed E-state index contributed by atoms with van der Waals surface area (Å²) in [6, 6.07) is 17.2. The summed E-state index contributed by atoms with van der Waals surface area (Å²) in [6.07, 6.45) is 0. The van der Waals surface area contributed by atoms with Crippen LogP contribution >= 0.6 is 44.3 Å². The van der Waals surface area contributed by atoms with Gasteiger partial charge in [0.2, 0.25) is 0 Å². The average molecular weight is 569 g/mol. The van der Waals surface area contributed by atoms with Crippen molar-refractivity contribution < 1.29 is 20.8 Å². The van der Waals surface area contributed by atoms with Crippen LogP contribution in [0.5, 0.6) is 0 Å². The van der Waals surface area contributed by atoms with Crippen LogP contribution in [-0.4, -0.2) is 15.1 Å². The number of benzene rings is 1. The number of hydrogen-bond donors (Lipinski definition) is 0. The summed E-state index contributed by atoms with van der Waals surface area (Å²) in [5, 5.41) is 2.63. The van der Waals surface area contributed by atoms with Crippen LogP contribution in [0.15, 0.2) is 52.3 Å². The third-order valence-corrected chi connectivity index (χ3v) is 4.15. The second-order valence-corrected chi connectivity index (χ2v) is 13.5. The van der Waals surface area contributed by atoms with Crippen molar-refractivity contribution in [3.8, 4) is 10.4 Å². The second-order valence-electron chi connectivity index (χ2n) is 6.30. The summed E-state index contributed by atoms with van der Waals surface area (Å²) in [7, 11) is 11.0. The molecule has 0 aliphatic rings. The normalized spacial score (nSPS) is 9.73. The van der Waals surface area contributed by atoms with Gasteiger partial charge in [0.25, 0.3) is 0 Å². The fourth-order valence-corrected chi connectivity index (χ4v) is 3.14. The van der Waals surface area contributed by atoms with Crippen molar-refractivity contribution in [2.75, 3.05) is 0 Å². The van der Waals surface area contributed by atoms with E-state index in [0.29, 0.717) is 0 Å². The number of rotatable bonds is 1. The quantitative estimate of drug-likeness (QED) is 0.207. The Morgan fingerprint density at radius 2 is 1.62 bits per heavy atom. The van der Waals surface area contributed by atoms with Gasteiger partial charge in [0, 0.05) is 9.52 Å². The molecule has 0 aliphatic heterocycles. The van der Waals surface area contributed by atoms with Crippen LogP contribution in [-0.2, 0) is 20.8 Å². The van der Waals surface area contributed by atoms with E-state index in [0.717, 1.165) is 9.52 Å². The standard InChI is InChI=1S/C13H8BrS.C4H10N.C2H6Si.2ClH.Zr/c14-13-6-5-12(15-13)11-7-9-3-1-2-4-10(9)8-11;1-4(2,3)5;1-3-2;;;/h1-8H;5H,1-3H3;1-2H3;2*1H;/q2*-1;;;;+4/p-2. The van der Waals surface area contributed by atoms with E-state index in [1.54, 1.807) is 11.3 Å². The molecule has 140 valence electrons. The molecule has 1 heterocycles. The van der Waals surface area contributed by atoms with Gasteiger partial charge in [0.1, 0.15) is 0 Å². The average Bonchev–Trinajstić information content (AvgIpc) is 3.12. The van der Waals surface area contributed by atoms with Crippen molar-refractivity contribution in [1.29, 1.82) is 0 Å². The van der Waals surface area contributed by atoms with Gasteiger partial charge < -0.3 is 5.73 Å². The van der Waals surface area contributed by atoms with Crippen molar-refractivity contribution in [3.05, 3.63) is 58.1 Å². The van der Waals surface area contributed by atoms with Gasteiger partial charge in [0.15, 0.2) is 0 Å². The molecular weight excluding hydrogens is 544 g/mol. The van der Waals surface area contributed by atoms with Crippen LogP contribution in [0.2, 0.25) is 13.1 Å². The number of hydrogen-bond acceptors (Lipinski definition) is 1. The molecule has 3 aromatic rings. The van der Waals surface area contributed by atoms with Crippen molar-refractivity contribution in [2.45, 2.75) is 39.4 Å². The molecule has 2 aromatic carbocycles. The molecule has 3 rings (SSSR count). The molecule has 1 nitrogen and oxygen atoms in total. The Morgan fingerprint density at radius 3 is 2.04 bits per heavy atom. The molecule has 0 spiro atoms. The molecule has 0 aliphatic carbocycles. The van der Waals surface area contributed by atoms with Crippen LogP contribution < -0.4 is 0 Å². The maximum atomic E-state index is 6.94. The Hall–Kier alpha value is 0.650. The van der Waals surface area contributed by atoms with E-state index in [-0.39, 0.29) is 5.54 Å². The Morgan fingerprint density at radius 1 is 1.12 bits per heavy atom. The first-order valence-electron chi connectivity index (χ1n) is 7.87. The Kier molecular flexibility index (Phi) is 15.0. The van der Waals surface area contributed by atoms with Gasteiger partial charge in [-0.05, 0) is 26.9 Å². The Balaban J connectivity index is 0.000000477. The molecule has 2 radical (unpaired) electrons. The van der Waals surface area contributed by atoms with Gasteiger partial charge in [-0.2, -0.15) is 11.3 Å². The van der Waals surface area contributed by atoms with Crippen molar-refractivity contribution >= 4 is 64.6 Å². The predicted molar refractivity (Wildman–Crippen MR) is 124 cm³/mol. The minimum absolute atomic E-state index is 0.250. The number of fused-ring (bicyclic) bond motifs is 1. The predicted octanol–water partition coefficient (Wildman–Crippen LogP) is 9.05. The van der Waals surface area contributed by atoms with Crippen LogP contribution in [0.3, 0.4) is 0 Å². The minimum atomic E-state index is -0.826. The van der Waals surface area contributed by atoms with Crippen LogP contribution in [0.4, 0.5) is 0 Å². The van der Waals surface area contributed by atoms with Gasteiger partial charge in [-0.25, -0.2) is 0 Å². The van der Waals surface area contributed by atoms with Crippen LogP contribution in [0.1, 0.15) is 20.8 Å². The van der Waals surface area contributed by atoms with Crippen molar-refractivity contribution in [3.63, 3.8) is 0 Å². The molecule has 0 saturated heterocycles. The fourth-order valence-electron chi connectivity index (χ4n) is 1.76. The zero-order chi connectivity index (χ0) is 20.2. The SMILES string of the molecule is Brc1ccc(-c2cc3ccccc3[cH-]2)s1.CC(C)(C)[NH-].C[Si]C.[Cl][Zr+2][Cl]. The van der Waals surface area contributed by atoms with E-state index in [4.69, 9.17) is 22.8 Å². The number of nitrogens with one attached hydrogen (secondary N) is 1. The number of halogens is 3. The molecule has 0 amide bonds. The van der Waals surface area contributed by atoms with Gasteiger partial charge in [-0.15, -0.1) is 40.1 Å². The van der Waals surface area contributed by atoms with Crippen molar-refractivity contribution in [2.24, 2.45) is 0 Å². The molecule has 26 heavy (non-hydrogen) atoms. The van der Waals surface area contributed by atoms with E-state index >= 15 is 0 Å². The van der Waals surface area contributed by atoms with E-state index in [1.165, 1.54) is 25.0 Å². The summed E-state index contributed by atoms with van der Waals surface area (Å²) in [5.41, 5.74) is 8.00. The molecule has 0 fully saturated rings. The van der Waals surface area contributed by atoms with Crippen molar-refractivity contribution in [1.82, 2.24) is 0 Å². The first-order valence-corrected chi connectivity index (χ1v) is 17.8. The Bertz CT molecular complexity index is 699. The van der Waals surface area contributed by atoms with Gasteiger partial charge in [0.05, 0.1) is 3.79 Å².